The number of aryl methyl sites for hydroxylation is 1. The van der Waals surface area contributed by atoms with Crippen molar-refractivity contribution in [2.45, 2.75) is 26.3 Å². The Morgan fingerprint density at radius 2 is 1.84 bits per heavy atom. The summed E-state index contributed by atoms with van der Waals surface area (Å²) >= 11 is 0. The normalized spacial score (nSPS) is 16.2. The molecule has 1 aliphatic carbocycles. The molecule has 0 atom stereocenters. The summed E-state index contributed by atoms with van der Waals surface area (Å²) < 4.78 is 10.6. The van der Waals surface area contributed by atoms with Crippen LogP contribution in [0.1, 0.15) is 24.0 Å². The van der Waals surface area contributed by atoms with E-state index in [0.717, 1.165) is 37.4 Å². The minimum atomic E-state index is 0.143. The van der Waals surface area contributed by atoms with Crippen LogP contribution < -0.4 is 14.8 Å². The second-order valence-electron chi connectivity index (χ2n) is 5.40. The summed E-state index contributed by atoms with van der Waals surface area (Å²) in [6, 6.07) is 4.01. The lowest BCUT2D eigenvalue weighted by molar-refractivity contribution is 0.207. The van der Waals surface area contributed by atoms with Gasteiger partial charge >= 0.3 is 0 Å². The second-order valence-corrected chi connectivity index (χ2v) is 5.40. The van der Waals surface area contributed by atoms with Crippen molar-refractivity contribution in [3.63, 3.8) is 0 Å². The van der Waals surface area contributed by atoms with Gasteiger partial charge in [-0.3, -0.25) is 0 Å². The van der Waals surface area contributed by atoms with Gasteiger partial charge in [-0.2, -0.15) is 0 Å². The standard InChI is InChI=1S/C15H23NO3/c1-11-6-13(18-2)14(19-3)7-12(11)8-16-9-15(10-17)4-5-15/h6-7,16-17H,4-5,8-10H2,1-3H3. The zero-order chi connectivity index (χ0) is 13.9. The van der Waals surface area contributed by atoms with E-state index in [1.165, 1.54) is 11.1 Å². The first-order chi connectivity index (χ1) is 9.14. The second kappa shape index (κ2) is 5.80. The van der Waals surface area contributed by atoms with Gasteiger partial charge in [0.2, 0.25) is 0 Å². The molecule has 1 aromatic carbocycles. The SMILES string of the molecule is COc1cc(C)c(CNCC2(CO)CC2)cc1OC. The molecule has 2 N–H and O–H groups in total. The van der Waals surface area contributed by atoms with Crippen LogP contribution in [-0.4, -0.2) is 32.5 Å². The maximum atomic E-state index is 9.28. The highest BCUT2D eigenvalue weighted by Crippen LogP contribution is 2.44. The average Bonchev–Trinajstić information content (AvgIpc) is 3.20. The highest BCUT2D eigenvalue weighted by Gasteiger charge is 2.41. The van der Waals surface area contributed by atoms with Crippen LogP contribution in [0.5, 0.6) is 11.5 Å². The smallest absolute Gasteiger partial charge is 0.161 e. The summed E-state index contributed by atoms with van der Waals surface area (Å²) in [5.41, 5.74) is 2.52. The minimum absolute atomic E-state index is 0.143. The molecule has 19 heavy (non-hydrogen) atoms. The number of rotatable bonds is 7. The Balaban J connectivity index is 1.99. The van der Waals surface area contributed by atoms with E-state index in [9.17, 15) is 5.11 Å². The highest BCUT2D eigenvalue weighted by atomic mass is 16.5. The summed E-state index contributed by atoms with van der Waals surface area (Å²) in [7, 11) is 3.29. The van der Waals surface area contributed by atoms with E-state index in [2.05, 4.69) is 12.2 Å². The highest BCUT2D eigenvalue weighted by molar-refractivity contribution is 5.47. The van der Waals surface area contributed by atoms with Gasteiger partial charge in [0.1, 0.15) is 0 Å². The Hall–Kier alpha value is -1.26. The maximum Gasteiger partial charge on any atom is 0.161 e. The van der Waals surface area contributed by atoms with Crippen molar-refractivity contribution >= 4 is 0 Å². The van der Waals surface area contributed by atoms with E-state index in [1.807, 2.05) is 12.1 Å². The molecule has 4 nitrogen and oxygen atoms in total. The first-order valence-electron chi connectivity index (χ1n) is 6.67. The molecule has 1 aromatic rings. The first kappa shape index (κ1) is 14.2. The van der Waals surface area contributed by atoms with Gasteiger partial charge < -0.3 is 19.9 Å². The van der Waals surface area contributed by atoms with Crippen molar-refractivity contribution in [2.24, 2.45) is 5.41 Å². The predicted molar refractivity (Wildman–Crippen MR) is 74.7 cm³/mol. The maximum absolute atomic E-state index is 9.28. The van der Waals surface area contributed by atoms with Gasteiger partial charge in [-0.1, -0.05) is 0 Å². The first-order valence-corrected chi connectivity index (χ1v) is 6.67. The lowest BCUT2D eigenvalue weighted by Gasteiger charge is -2.16. The number of nitrogens with one attached hydrogen (secondary N) is 1. The van der Waals surface area contributed by atoms with Gasteiger partial charge in [0.25, 0.3) is 0 Å². The number of hydrogen-bond acceptors (Lipinski definition) is 4. The Labute approximate surface area is 114 Å². The Bertz CT molecular complexity index is 441. The van der Waals surface area contributed by atoms with E-state index in [-0.39, 0.29) is 12.0 Å². The number of methoxy groups -OCH3 is 2. The Morgan fingerprint density at radius 3 is 2.37 bits per heavy atom. The van der Waals surface area contributed by atoms with Crippen molar-refractivity contribution in [2.75, 3.05) is 27.4 Å². The molecule has 0 radical (unpaired) electrons. The van der Waals surface area contributed by atoms with Crippen molar-refractivity contribution < 1.29 is 14.6 Å². The molecular formula is C15H23NO3. The Morgan fingerprint density at radius 1 is 1.21 bits per heavy atom. The van der Waals surface area contributed by atoms with Crippen LogP contribution in [0.25, 0.3) is 0 Å². The molecular weight excluding hydrogens is 242 g/mol. The van der Waals surface area contributed by atoms with Gasteiger partial charge in [-0.05, 0) is 43.0 Å². The summed E-state index contributed by atoms with van der Waals surface area (Å²) in [4.78, 5) is 0. The lowest BCUT2D eigenvalue weighted by atomic mass is 10.1. The quantitative estimate of drug-likeness (QED) is 0.790. The van der Waals surface area contributed by atoms with Crippen molar-refractivity contribution in [3.8, 4) is 11.5 Å². The molecule has 0 unspecified atom stereocenters. The molecule has 2 rings (SSSR count). The summed E-state index contributed by atoms with van der Waals surface area (Å²) in [6.45, 7) is 4.01. The summed E-state index contributed by atoms with van der Waals surface area (Å²) in [5, 5.41) is 12.7. The molecule has 1 saturated carbocycles. The van der Waals surface area contributed by atoms with Gasteiger partial charge in [0.05, 0.1) is 14.2 Å². The predicted octanol–water partition coefficient (Wildman–Crippen LogP) is 1.87. The molecule has 0 amide bonds. The van der Waals surface area contributed by atoms with E-state index in [1.54, 1.807) is 14.2 Å². The van der Waals surface area contributed by atoms with Crippen LogP contribution >= 0.6 is 0 Å². The van der Waals surface area contributed by atoms with E-state index in [0.29, 0.717) is 0 Å². The molecule has 106 valence electrons. The topological polar surface area (TPSA) is 50.7 Å². The fraction of sp³-hybridized carbons (Fsp3) is 0.600. The summed E-state index contributed by atoms with van der Waals surface area (Å²) in [5.74, 6) is 1.52. The van der Waals surface area contributed by atoms with Crippen LogP contribution in [0, 0.1) is 12.3 Å². The van der Waals surface area contributed by atoms with Crippen molar-refractivity contribution in [3.05, 3.63) is 23.3 Å². The van der Waals surface area contributed by atoms with Gasteiger partial charge in [0, 0.05) is 25.1 Å². The van der Waals surface area contributed by atoms with Crippen molar-refractivity contribution in [1.29, 1.82) is 0 Å². The average molecular weight is 265 g/mol. The number of hydrogen-bond donors (Lipinski definition) is 2. The van der Waals surface area contributed by atoms with E-state index in [4.69, 9.17) is 9.47 Å². The zero-order valence-corrected chi connectivity index (χ0v) is 12.0. The largest absolute Gasteiger partial charge is 0.493 e. The molecule has 0 aromatic heterocycles. The van der Waals surface area contributed by atoms with Gasteiger partial charge in [-0.25, -0.2) is 0 Å². The fourth-order valence-electron chi connectivity index (χ4n) is 2.24. The van der Waals surface area contributed by atoms with Crippen LogP contribution in [0.4, 0.5) is 0 Å². The van der Waals surface area contributed by atoms with Crippen LogP contribution in [0.15, 0.2) is 12.1 Å². The third-order valence-electron chi connectivity index (χ3n) is 3.95. The Kier molecular flexibility index (Phi) is 4.32. The third kappa shape index (κ3) is 3.19. The molecule has 0 bridgehead atoms. The number of aliphatic hydroxyl groups excluding tert-OH is 1. The molecule has 1 fully saturated rings. The molecule has 0 heterocycles. The van der Waals surface area contributed by atoms with Crippen LogP contribution in [-0.2, 0) is 6.54 Å². The summed E-state index contributed by atoms with van der Waals surface area (Å²) in [6.07, 6.45) is 2.25. The fourth-order valence-corrected chi connectivity index (χ4v) is 2.24. The van der Waals surface area contributed by atoms with Crippen LogP contribution in [0.2, 0.25) is 0 Å². The molecule has 0 saturated heterocycles. The van der Waals surface area contributed by atoms with Gasteiger partial charge in [0.15, 0.2) is 11.5 Å². The van der Waals surface area contributed by atoms with E-state index < -0.39 is 0 Å². The molecule has 0 aliphatic heterocycles. The van der Waals surface area contributed by atoms with Crippen LogP contribution in [0.3, 0.4) is 0 Å². The number of benzene rings is 1. The number of ether oxygens (including phenoxy) is 2. The lowest BCUT2D eigenvalue weighted by Crippen LogP contribution is -2.26. The molecule has 0 spiro atoms. The zero-order valence-electron chi connectivity index (χ0n) is 12.0. The number of aliphatic hydroxyl groups is 1. The molecule has 1 aliphatic rings. The van der Waals surface area contributed by atoms with Gasteiger partial charge in [-0.15, -0.1) is 0 Å². The third-order valence-corrected chi connectivity index (χ3v) is 3.95. The van der Waals surface area contributed by atoms with Crippen molar-refractivity contribution in [1.82, 2.24) is 5.32 Å². The minimum Gasteiger partial charge on any atom is -0.493 e. The molecule has 4 heteroatoms. The monoisotopic (exact) mass is 265 g/mol. The van der Waals surface area contributed by atoms with E-state index >= 15 is 0 Å².